The average Bonchev–Trinajstić information content (AvgIpc) is 3.02. The molecule has 19 heavy (non-hydrogen) atoms. The molecule has 0 radical (unpaired) electrons. The van der Waals surface area contributed by atoms with Crippen LogP contribution in [0, 0.1) is 0 Å². The standard InChI is InChI=1S/C17H13ClS/c18-17(16-10-11-19-12-16)15-8-6-14(7-9-15)13-4-2-1-3-5-13/h1-12,17H. The highest BCUT2D eigenvalue weighted by Gasteiger charge is 2.10. The monoisotopic (exact) mass is 284 g/mol. The van der Waals surface area contributed by atoms with E-state index in [4.69, 9.17) is 11.6 Å². The second-order valence-electron chi connectivity index (χ2n) is 4.41. The molecule has 0 aliphatic rings. The molecule has 0 aliphatic carbocycles. The van der Waals surface area contributed by atoms with Gasteiger partial charge in [0.25, 0.3) is 0 Å². The van der Waals surface area contributed by atoms with E-state index in [1.165, 1.54) is 16.7 Å². The highest BCUT2D eigenvalue weighted by molar-refractivity contribution is 7.08. The molecule has 0 nitrogen and oxygen atoms in total. The minimum atomic E-state index is -0.0592. The lowest BCUT2D eigenvalue weighted by Gasteiger charge is -2.09. The van der Waals surface area contributed by atoms with E-state index in [0.29, 0.717) is 0 Å². The summed E-state index contributed by atoms with van der Waals surface area (Å²) in [5.41, 5.74) is 4.76. The van der Waals surface area contributed by atoms with Crippen molar-refractivity contribution >= 4 is 22.9 Å². The van der Waals surface area contributed by atoms with E-state index in [0.717, 1.165) is 5.56 Å². The summed E-state index contributed by atoms with van der Waals surface area (Å²) in [7, 11) is 0. The molecule has 1 atom stereocenters. The molecule has 0 saturated heterocycles. The van der Waals surface area contributed by atoms with Crippen LogP contribution in [0.15, 0.2) is 71.4 Å². The number of hydrogen-bond donors (Lipinski definition) is 0. The van der Waals surface area contributed by atoms with Crippen LogP contribution in [0.3, 0.4) is 0 Å². The molecule has 0 aliphatic heterocycles. The fourth-order valence-electron chi connectivity index (χ4n) is 2.09. The Balaban J connectivity index is 1.87. The third-order valence-electron chi connectivity index (χ3n) is 3.15. The summed E-state index contributed by atoms with van der Waals surface area (Å²) in [5.74, 6) is 0. The fraction of sp³-hybridized carbons (Fsp3) is 0.0588. The molecule has 0 spiro atoms. The van der Waals surface area contributed by atoms with Crippen molar-refractivity contribution in [3.8, 4) is 11.1 Å². The number of rotatable bonds is 3. The first kappa shape index (κ1) is 12.5. The molecule has 0 saturated carbocycles. The Kier molecular flexibility index (Phi) is 3.67. The van der Waals surface area contributed by atoms with Gasteiger partial charge in [0.05, 0.1) is 5.38 Å². The first-order valence-corrected chi connectivity index (χ1v) is 7.54. The van der Waals surface area contributed by atoms with Crippen LogP contribution in [0.4, 0.5) is 0 Å². The topological polar surface area (TPSA) is 0 Å². The van der Waals surface area contributed by atoms with E-state index in [1.54, 1.807) is 11.3 Å². The summed E-state index contributed by atoms with van der Waals surface area (Å²) in [6.07, 6.45) is 0. The van der Waals surface area contributed by atoms with Crippen LogP contribution in [0.1, 0.15) is 16.5 Å². The molecule has 0 fully saturated rings. The van der Waals surface area contributed by atoms with Gasteiger partial charge >= 0.3 is 0 Å². The maximum Gasteiger partial charge on any atom is 0.0843 e. The third kappa shape index (κ3) is 2.73. The molecule has 3 rings (SSSR count). The number of hydrogen-bond acceptors (Lipinski definition) is 1. The molecule has 2 aromatic carbocycles. The highest BCUT2D eigenvalue weighted by Crippen LogP contribution is 2.31. The summed E-state index contributed by atoms with van der Waals surface area (Å²) >= 11 is 8.16. The van der Waals surface area contributed by atoms with Crippen LogP contribution in [0.5, 0.6) is 0 Å². The van der Waals surface area contributed by atoms with Gasteiger partial charge in [-0.1, -0.05) is 54.6 Å². The lowest BCUT2D eigenvalue weighted by Crippen LogP contribution is -1.90. The normalized spacial score (nSPS) is 12.3. The van der Waals surface area contributed by atoms with Crippen LogP contribution in [0.25, 0.3) is 11.1 Å². The van der Waals surface area contributed by atoms with Gasteiger partial charge in [0, 0.05) is 0 Å². The molecule has 0 bridgehead atoms. The molecule has 1 aromatic heterocycles. The van der Waals surface area contributed by atoms with Crippen molar-refractivity contribution in [3.63, 3.8) is 0 Å². The van der Waals surface area contributed by atoms with Crippen molar-refractivity contribution in [2.75, 3.05) is 0 Å². The quantitative estimate of drug-likeness (QED) is 0.538. The predicted octanol–water partition coefficient (Wildman–Crippen LogP) is 5.74. The predicted molar refractivity (Wildman–Crippen MR) is 83.9 cm³/mol. The average molecular weight is 285 g/mol. The van der Waals surface area contributed by atoms with Crippen LogP contribution in [0.2, 0.25) is 0 Å². The Morgan fingerprint density at radius 2 is 1.42 bits per heavy atom. The largest absolute Gasteiger partial charge is 0.152 e. The molecule has 1 unspecified atom stereocenters. The number of benzene rings is 2. The molecule has 0 amide bonds. The Labute approximate surface area is 122 Å². The number of alkyl halides is 1. The Hall–Kier alpha value is -1.57. The van der Waals surface area contributed by atoms with Gasteiger partial charge in [0.2, 0.25) is 0 Å². The van der Waals surface area contributed by atoms with Crippen molar-refractivity contribution in [2.45, 2.75) is 5.38 Å². The third-order valence-corrected chi connectivity index (χ3v) is 4.35. The highest BCUT2D eigenvalue weighted by atomic mass is 35.5. The smallest absolute Gasteiger partial charge is 0.0843 e. The zero-order chi connectivity index (χ0) is 13.1. The number of thiophene rings is 1. The van der Waals surface area contributed by atoms with Gasteiger partial charge in [-0.15, -0.1) is 11.6 Å². The summed E-state index contributed by atoms with van der Waals surface area (Å²) in [4.78, 5) is 0. The zero-order valence-electron chi connectivity index (χ0n) is 10.3. The summed E-state index contributed by atoms with van der Waals surface area (Å²) < 4.78 is 0. The van der Waals surface area contributed by atoms with E-state index in [-0.39, 0.29) is 5.38 Å². The minimum Gasteiger partial charge on any atom is -0.152 e. The van der Waals surface area contributed by atoms with Gasteiger partial charge in [-0.25, -0.2) is 0 Å². The van der Waals surface area contributed by atoms with Crippen molar-refractivity contribution in [1.82, 2.24) is 0 Å². The molecule has 2 heteroatoms. The second kappa shape index (κ2) is 5.60. The van der Waals surface area contributed by atoms with Gasteiger partial charge in [-0.2, -0.15) is 11.3 Å². The van der Waals surface area contributed by atoms with E-state index < -0.39 is 0 Å². The molecular weight excluding hydrogens is 272 g/mol. The van der Waals surface area contributed by atoms with Crippen LogP contribution in [-0.4, -0.2) is 0 Å². The summed E-state index contributed by atoms with van der Waals surface area (Å²) in [5, 5.41) is 4.10. The minimum absolute atomic E-state index is 0.0592. The van der Waals surface area contributed by atoms with E-state index >= 15 is 0 Å². The van der Waals surface area contributed by atoms with Crippen LogP contribution >= 0.6 is 22.9 Å². The van der Waals surface area contributed by atoms with Crippen molar-refractivity contribution in [1.29, 1.82) is 0 Å². The molecule has 3 aromatic rings. The van der Waals surface area contributed by atoms with Gasteiger partial charge in [-0.05, 0) is 39.1 Å². The SMILES string of the molecule is ClC(c1ccc(-c2ccccc2)cc1)c1ccsc1. The van der Waals surface area contributed by atoms with Gasteiger partial charge in [-0.3, -0.25) is 0 Å². The molecular formula is C17H13ClS. The first-order chi connectivity index (χ1) is 9.34. The fourth-order valence-corrected chi connectivity index (χ4v) is 3.13. The van der Waals surface area contributed by atoms with E-state index in [9.17, 15) is 0 Å². The lowest BCUT2D eigenvalue weighted by atomic mass is 10.0. The molecule has 0 N–H and O–H groups in total. The maximum atomic E-state index is 6.48. The maximum absolute atomic E-state index is 6.48. The summed E-state index contributed by atoms with van der Waals surface area (Å²) in [6, 6.07) is 20.9. The molecule has 1 heterocycles. The Morgan fingerprint density at radius 3 is 2.05 bits per heavy atom. The van der Waals surface area contributed by atoms with E-state index in [1.807, 2.05) is 6.07 Å². The van der Waals surface area contributed by atoms with Crippen molar-refractivity contribution < 1.29 is 0 Å². The van der Waals surface area contributed by atoms with Crippen molar-refractivity contribution in [3.05, 3.63) is 82.6 Å². The van der Waals surface area contributed by atoms with Crippen LogP contribution in [-0.2, 0) is 0 Å². The van der Waals surface area contributed by atoms with Crippen LogP contribution < -0.4 is 0 Å². The van der Waals surface area contributed by atoms with Gasteiger partial charge in [0.15, 0.2) is 0 Å². The summed E-state index contributed by atoms with van der Waals surface area (Å²) in [6.45, 7) is 0. The van der Waals surface area contributed by atoms with Gasteiger partial charge in [0.1, 0.15) is 0 Å². The molecule has 94 valence electrons. The van der Waals surface area contributed by atoms with Crippen molar-refractivity contribution in [2.24, 2.45) is 0 Å². The zero-order valence-corrected chi connectivity index (χ0v) is 11.9. The second-order valence-corrected chi connectivity index (χ2v) is 5.62. The lowest BCUT2D eigenvalue weighted by molar-refractivity contribution is 1.16. The van der Waals surface area contributed by atoms with Gasteiger partial charge < -0.3 is 0 Å². The number of halogens is 1. The Morgan fingerprint density at radius 1 is 0.737 bits per heavy atom. The first-order valence-electron chi connectivity index (χ1n) is 6.16. The van der Waals surface area contributed by atoms with E-state index in [2.05, 4.69) is 65.4 Å². The Bertz CT molecular complexity index is 627.